The van der Waals surface area contributed by atoms with Gasteiger partial charge in [0.1, 0.15) is 18.7 Å². The van der Waals surface area contributed by atoms with Crippen LogP contribution in [0.25, 0.3) is 11.1 Å². The van der Waals surface area contributed by atoms with Crippen LogP contribution in [0, 0.1) is 5.92 Å². The molecule has 0 spiro atoms. The molecule has 3 aromatic rings. The fourth-order valence-corrected chi connectivity index (χ4v) is 4.34. The molecule has 33 heavy (non-hydrogen) atoms. The molecule has 1 N–H and O–H groups in total. The molecule has 1 aromatic heterocycles. The molecule has 0 fully saturated rings. The monoisotopic (exact) mass is 465 g/mol. The molecule has 0 saturated heterocycles. The first-order chi connectivity index (χ1) is 16.0. The molecule has 2 aromatic carbocycles. The van der Waals surface area contributed by atoms with Crippen molar-refractivity contribution >= 4 is 23.3 Å². The first-order valence-corrected chi connectivity index (χ1v) is 12.1. The lowest BCUT2D eigenvalue weighted by molar-refractivity contribution is -0.149. The van der Waals surface area contributed by atoms with Crippen molar-refractivity contribution in [3.8, 4) is 11.1 Å². The van der Waals surface area contributed by atoms with E-state index in [-0.39, 0.29) is 18.5 Å². The number of ether oxygens (including phenoxy) is 2. The Balaban J connectivity index is 1.73. The van der Waals surface area contributed by atoms with Crippen molar-refractivity contribution in [3.05, 3.63) is 82.6 Å². The first-order valence-electron chi connectivity index (χ1n) is 11.1. The van der Waals surface area contributed by atoms with Crippen molar-refractivity contribution < 1.29 is 19.1 Å². The van der Waals surface area contributed by atoms with Gasteiger partial charge in [-0.25, -0.2) is 0 Å². The first kappa shape index (κ1) is 24.7. The van der Waals surface area contributed by atoms with Gasteiger partial charge < -0.3 is 9.47 Å². The lowest BCUT2D eigenvalue weighted by atomic mass is 9.98. The van der Waals surface area contributed by atoms with Crippen molar-refractivity contribution in [3.63, 3.8) is 0 Å². The SMILES string of the molecule is COC(=O)C(Cc1cccc(-c2ccsc2)c1)NC(CC(C)C)C(=O)OCc1ccccc1. The van der Waals surface area contributed by atoms with E-state index in [2.05, 4.69) is 28.9 Å². The van der Waals surface area contributed by atoms with Gasteiger partial charge in [-0.1, -0.05) is 68.4 Å². The highest BCUT2D eigenvalue weighted by atomic mass is 32.1. The van der Waals surface area contributed by atoms with E-state index < -0.39 is 18.1 Å². The highest BCUT2D eigenvalue weighted by Gasteiger charge is 2.29. The molecule has 0 bridgehead atoms. The van der Waals surface area contributed by atoms with E-state index in [0.717, 1.165) is 22.3 Å². The van der Waals surface area contributed by atoms with Gasteiger partial charge in [-0.05, 0) is 57.8 Å². The number of hydrogen-bond donors (Lipinski definition) is 1. The Labute approximate surface area is 199 Å². The van der Waals surface area contributed by atoms with Crippen LogP contribution in [0.5, 0.6) is 0 Å². The van der Waals surface area contributed by atoms with E-state index in [1.54, 1.807) is 11.3 Å². The van der Waals surface area contributed by atoms with Gasteiger partial charge in [0.05, 0.1) is 7.11 Å². The summed E-state index contributed by atoms with van der Waals surface area (Å²) >= 11 is 1.65. The predicted octanol–water partition coefficient (Wildman–Crippen LogP) is 5.25. The molecule has 1 heterocycles. The van der Waals surface area contributed by atoms with Gasteiger partial charge in [0.2, 0.25) is 0 Å². The Bertz CT molecular complexity index is 1020. The summed E-state index contributed by atoms with van der Waals surface area (Å²) in [5.74, 6) is -0.527. The normalized spacial score (nSPS) is 12.8. The van der Waals surface area contributed by atoms with E-state index in [1.807, 2.05) is 61.7 Å². The molecular weight excluding hydrogens is 434 g/mol. The number of nitrogens with one attached hydrogen (secondary N) is 1. The third-order valence-electron chi connectivity index (χ3n) is 5.32. The van der Waals surface area contributed by atoms with Gasteiger partial charge in [0, 0.05) is 0 Å². The van der Waals surface area contributed by atoms with Crippen LogP contribution in [0.2, 0.25) is 0 Å². The maximum absolute atomic E-state index is 12.9. The highest BCUT2D eigenvalue weighted by molar-refractivity contribution is 7.08. The molecule has 5 nitrogen and oxygen atoms in total. The minimum absolute atomic E-state index is 0.196. The lowest BCUT2D eigenvalue weighted by Gasteiger charge is -2.24. The molecule has 0 radical (unpaired) electrons. The van der Waals surface area contributed by atoms with Crippen LogP contribution in [-0.4, -0.2) is 31.1 Å². The summed E-state index contributed by atoms with van der Waals surface area (Å²) in [4.78, 5) is 25.5. The van der Waals surface area contributed by atoms with E-state index in [9.17, 15) is 9.59 Å². The van der Waals surface area contributed by atoms with Crippen LogP contribution in [0.4, 0.5) is 0 Å². The van der Waals surface area contributed by atoms with Crippen LogP contribution in [0.3, 0.4) is 0 Å². The van der Waals surface area contributed by atoms with Crippen LogP contribution in [0.1, 0.15) is 31.4 Å². The summed E-state index contributed by atoms with van der Waals surface area (Å²) in [6, 6.07) is 18.4. The maximum Gasteiger partial charge on any atom is 0.323 e. The molecule has 0 aliphatic carbocycles. The van der Waals surface area contributed by atoms with Crippen LogP contribution in [0.15, 0.2) is 71.4 Å². The average Bonchev–Trinajstić information content (AvgIpc) is 3.37. The standard InChI is InChI=1S/C27H31NO4S/c1-19(2)14-24(27(30)32-17-20-8-5-4-6-9-20)28-25(26(29)31-3)16-21-10-7-11-22(15-21)23-12-13-33-18-23/h4-13,15,18-19,24-25,28H,14,16-17H2,1-3H3. The molecule has 174 valence electrons. The quantitative estimate of drug-likeness (QED) is 0.392. The number of carbonyl (C=O) groups is 2. The number of esters is 2. The number of methoxy groups -OCH3 is 1. The predicted molar refractivity (Wildman–Crippen MR) is 132 cm³/mol. The summed E-state index contributed by atoms with van der Waals surface area (Å²) in [6.07, 6.45) is 0.960. The number of carbonyl (C=O) groups excluding carboxylic acids is 2. The van der Waals surface area contributed by atoms with E-state index in [4.69, 9.17) is 9.47 Å². The number of rotatable bonds is 11. The van der Waals surface area contributed by atoms with Crippen molar-refractivity contribution in [2.45, 2.75) is 45.4 Å². The Hall–Kier alpha value is -2.96. The maximum atomic E-state index is 12.9. The van der Waals surface area contributed by atoms with Gasteiger partial charge in [-0.3, -0.25) is 14.9 Å². The third kappa shape index (κ3) is 7.55. The number of benzene rings is 2. The summed E-state index contributed by atoms with van der Waals surface area (Å²) in [6.45, 7) is 4.27. The Morgan fingerprint density at radius 3 is 2.33 bits per heavy atom. The summed E-state index contributed by atoms with van der Waals surface area (Å²) in [5.41, 5.74) is 4.15. The molecule has 0 aliphatic rings. The fraction of sp³-hybridized carbons (Fsp3) is 0.333. The number of hydrogen-bond acceptors (Lipinski definition) is 6. The Kier molecular flexibility index (Phi) is 9.22. The largest absolute Gasteiger partial charge is 0.468 e. The van der Waals surface area contributed by atoms with Crippen LogP contribution >= 0.6 is 11.3 Å². The van der Waals surface area contributed by atoms with Crippen molar-refractivity contribution in [1.82, 2.24) is 5.32 Å². The number of thiophene rings is 1. The molecule has 3 rings (SSSR count). The minimum Gasteiger partial charge on any atom is -0.468 e. The highest BCUT2D eigenvalue weighted by Crippen LogP contribution is 2.23. The van der Waals surface area contributed by atoms with Gasteiger partial charge in [-0.15, -0.1) is 0 Å². The minimum atomic E-state index is -0.666. The molecule has 2 atom stereocenters. The molecule has 2 unspecified atom stereocenters. The molecule has 0 aliphatic heterocycles. The van der Waals surface area contributed by atoms with Crippen molar-refractivity contribution in [2.75, 3.05) is 7.11 Å². The van der Waals surface area contributed by atoms with E-state index in [1.165, 1.54) is 7.11 Å². The van der Waals surface area contributed by atoms with Crippen LogP contribution < -0.4 is 5.32 Å². The third-order valence-corrected chi connectivity index (χ3v) is 6.01. The van der Waals surface area contributed by atoms with Gasteiger partial charge >= 0.3 is 11.9 Å². The van der Waals surface area contributed by atoms with E-state index in [0.29, 0.717) is 12.8 Å². The second-order valence-corrected chi connectivity index (χ2v) is 9.21. The van der Waals surface area contributed by atoms with E-state index >= 15 is 0 Å². The topological polar surface area (TPSA) is 64.6 Å². The lowest BCUT2D eigenvalue weighted by Crippen LogP contribution is -2.49. The van der Waals surface area contributed by atoms with Gasteiger partial charge in [0.15, 0.2) is 0 Å². The average molecular weight is 466 g/mol. The van der Waals surface area contributed by atoms with Gasteiger partial charge in [-0.2, -0.15) is 11.3 Å². The fourth-order valence-electron chi connectivity index (χ4n) is 3.67. The van der Waals surface area contributed by atoms with Crippen molar-refractivity contribution in [1.29, 1.82) is 0 Å². The Morgan fingerprint density at radius 1 is 0.909 bits per heavy atom. The second-order valence-electron chi connectivity index (χ2n) is 8.43. The zero-order chi connectivity index (χ0) is 23.6. The van der Waals surface area contributed by atoms with Crippen molar-refractivity contribution in [2.24, 2.45) is 5.92 Å². The molecule has 0 amide bonds. The van der Waals surface area contributed by atoms with Crippen LogP contribution in [-0.2, 0) is 32.1 Å². The smallest absolute Gasteiger partial charge is 0.323 e. The Morgan fingerprint density at radius 2 is 1.67 bits per heavy atom. The second kappa shape index (κ2) is 12.3. The summed E-state index contributed by atoms with van der Waals surface area (Å²) < 4.78 is 10.6. The molecule has 0 saturated carbocycles. The molecular formula is C27H31NO4S. The molecule has 6 heteroatoms. The van der Waals surface area contributed by atoms with Gasteiger partial charge in [0.25, 0.3) is 0 Å². The summed E-state index contributed by atoms with van der Waals surface area (Å²) in [5, 5.41) is 7.36. The summed E-state index contributed by atoms with van der Waals surface area (Å²) in [7, 11) is 1.37. The zero-order valence-electron chi connectivity index (χ0n) is 19.3. The zero-order valence-corrected chi connectivity index (χ0v) is 20.1.